The first-order valence-electron chi connectivity index (χ1n) is 6.59. The molecule has 3 aromatic rings. The Bertz CT molecular complexity index is 794. The van der Waals surface area contributed by atoms with Crippen LogP contribution in [-0.4, -0.2) is 26.0 Å². The van der Waals surface area contributed by atoms with Gasteiger partial charge in [0.05, 0.1) is 12.4 Å². The van der Waals surface area contributed by atoms with Crippen LogP contribution in [0.15, 0.2) is 54.2 Å². The second-order valence-corrected chi connectivity index (χ2v) is 4.65. The summed E-state index contributed by atoms with van der Waals surface area (Å²) >= 11 is 0. The Kier molecular flexibility index (Phi) is 3.86. The van der Waals surface area contributed by atoms with Crippen molar-refractivity contribution in [3.63, 3.8) is 0 Å². The maximum atomic E-state index is 12.8. The highest BCUT2D eigenvalue weighted by atomic mass is 19.1. The molecule has 0 bridgehead atoms. The minimum absolute atomic E-state index is 0.278. The summed E-state index contributed by atoms with van der Waals surface area (Å²) in [6, 6.07) is 7.76. The van der Waals surface area contributed by atoms with Crippen molar-refractivity contribution in [1.29, 1.82) is 0 Å². The largest absolute Gasteiger partial charge is 0.261 e. The molecule has 0 amide bonds. The van der Waals surface area contributed by atoms with E-state index in [4.69, 9.17) is 0 Å². The van der Waals surface area contributed by atoms with Gasteiger partial charge in [-0.3, -0.25) is 5.43 Å². The Labute approximate surface area is 126 Å². The van der Waals surface area contributed by atoms with E-state index in [2.05, 4.69) is 25.6 Å². The van der Waals surface area contributed by atoms with Gasteiger partial charge < -0.3 is 0 Å². The number of anilines is 1. The first kappa shape index (κ1) is 13.9. The number of nitrogens with one attached hydrogen (secondary N) is 1. The minimum atomic E-state index is -0.278. The van der Waals surface area contributed by atoms with Crippen LogP contribution in [-0.2, 0) is 0 Å². The van der Waals surface area contributed by atoms with Crippen molar-refractivity contribution in [1.82, 2.24) is 19.7 Å². The third-order valence-electron chi connectivity index (χ3n) is 2.86. The summed E-state index contributed by atoms with van der Waals surface area (Å²) in [5, 5.41) is 8.25. The molecule has 6 nitrogen and oxygen atoms in total. The lowest BCUT2D eigenvalue weighted by molar-refractivity contribution is 0.628. The standard InChI is InChI=1S/C15H13FN6/c1-11-7-20-22(9-11)15-6-14(17-10-18-15)21-19-8-12-2-4-13(16)5-3-12/h2-10H,1H3,(H,17,18,21). The number of nitrogens with zero attached hydrogens (tertiary/aromatic N) is 5. The number of hydrogen-bond acceptors (Lipinski definition) is 5. The lowest BCUT2D eigenvalue weighted by Gasteiger charge is -2.02. The molecule has 0 atom stereocenters. The van der Waals surface area contributed by atoms with Gasteiger partial charge in [0.15, 0.2) is 11.6 Å². The van der Waals surface area contributed by atoms with Crippen molar-refractivity contribution in [2.24, 2.45) is 5.10 Å². The number of rotatable bonds is 4. The zero-order valence-corrected chi connectivity index (χ0v) is 11.8. The van der Waals surface area contributed by atoms with E-state index in [1.54, 1.807) is 35.3 Å². The average Bonchev–Trinajstić information content (AvgIpc) is 2.96. The molecule has 2 aromatic heterocycles. The van der Waals surface area contributed by atoms with Gasteiger partial charge in [-0.15, -0.1) is 0 Å². The topological polar surface area (TPSA) is 68.0 Å². The monoisotopic (exact) mass is 296 g/mol. The Morgan fingerprint density at radius 3 is 2.77 bits per heavy atom. The molecule has 2 heterocycles. The molecule has 0 radical (unpaired) electrons. The van der Waals surface area contributed by atoms with Gasteiger partial charge in [-0.05, 0) is 30.2 Å². The second kappa shape index (κ2) is 6.13. The van der Waals surface area contributed by atoms with Crippen LogP contribution in [0.4, 0.5) is 10.2 Å². The molecule has 1 N–H and O–H groups in total. The quantitative estimate of drug-likeness (QED) is 0.593. The molecule has 1 aromatic carbocycles. The predicted molar refractivity (Wildman–Crippen MR) is 81.5 cm³/mol. The van der Waals surface area contributed by atoms with Crippen LogP contribution in [0, 0.1) is 12.7 Å². The van der Waals surface area contributed by atoms with Gasteiger partial charge in [-0.1, -0.05) is 12.1 Å². The number of halogens is 1. The third-order valence-corrected chi connectivity index (χ3v) is 2.86. The molecule has 3 rings (SSSR count). The van der Waals surface area contributed by atoms with E-state index in [9.17, 15) is 4.39 Å². The van der Waals surface area contributed by atoms with E-state index in [-0.39, 0.29) is 5.82 Å². The molecule has 7 heteroatoms. The molecule has 0 aliphatic heterocycles. The highest BCUT2D eigenvalue weighted by Gasteiger charge is 2.01. The molecule has 110 valence electrons. The number of hydrazone groups is 1. The fourth-order valence-corrected chi connectivity index (χ4v) is 1.79. The zero-order chi connectivity index (χ0) is 15.4. The van der Waals surface area contributed by atoms with Crippen LogP contribution >= 0.6 is 0 Å². The van der Waals surface area contributed by atoms with Crippen molar-refractivity contribution in [2.45, 2.75) is 6.92 Å². The van der Waals surface area contributed by atoms with Crippen LogP contribution in [0.2, 0.25) is 0 Å². The second-order valence-electron chi connectivity index (χ2n) is 4.65. The van der Waals surface area contributed by atoms with Crippen LogP contribution in [0.1, 0.15) is 11.1 Å². The van der Waals surface area contributed by atoms with E-state index in [1.807, 2.05) is 13.1 Å². The van der Waals surface area contributed by atoms with E-state index < -0.39 is 0 Å². The molecule has 0 aliphatic rings. The van der Waals surface area contributed by atoms with Crippen molar-refractivity contribution >= 4 is 12.0 Å². The Morgan fingerprint density at radius 2 is 2.05 bits per heavy atom. The van der Waals surface area contributed by atoms with Gasteiger partial charge in [-0.25, -0.2) is 19.0 Å². The van der Waals surface area contributed by atoms with Gasteiger partial charge >= 0.3 is 0 Å². The highest BCUT2D eigenvalue weighted by molar-refractivity contribution is 5.79. The lowest BCUT2D eigenvalue weighted by atomic mass is 10.2. The van der Waals surface area contributed by atoms with Crippen molar-refractivity contribution in [3.05, 3.63) is 66.0 Å². The number of aromatic nitrogens is 4. The van der Waals surface area contributed by atoms with Crippen LogP contribution in [0.3, 0.4) is 0 Å². The highest BCUT2D eigenvalue weighted by Crippen LogP contribution is 2.09. The van der Waals surface area contributed by atoms with Gasteiger partial charge in [0.1, 0.15) is 12.1 Å². The van der Waals surface area contributed by atoms with Gasteiger partial charge in [0.25, 0.3) is 0 Å². The minimum Gasteiger partial charge on any atom is -0.261 e. The SMILES string of the molecule is Cc1cnn(-c2cc(NN=Cc3ccc(F)cc3)ncn2)c1. The predicted octanol–water partition coefficient (Wildman–Crippen LogP) is 2.56. The Balaban J connectivity index is 1.71. The Morgan fingerprint density at radius 1 is 1.23 bits per heavy atom. The van der Waals surface area contributed by atoms with Crippen molar-refractivity contribution in [3.8, 4) is 5.82 Å². The lowest BCUT2D eigenvalue weighted by Crippen LogP contribution is -2.01. The van der Waals surface area contributed by atoms with E-state index in [1.165, 1.54) is 18.5 Å². The van der Waals surface area contributed by atoms with Gasteiger partial charge in [-0.2, -0.15) is 10.2 Å². The summed E-state index contributed by atoms with van der Waals surface area (Å²) in [6.45, 7) is 1.96. The summed E-state index contributed by atoms with van der Waals surface area (Å²) < 4.78 is 14.5. The molecule has 0 saturated carbocycles. The molecule has 0 unspecified atom stereocenters. The molecule has 0 saturated heterocycles. The summed E-state index contributed by atoms with van der Waals surface area (Å²) in [5.74, 6) is 0.902. The van der Waals surface area contributed by atoms with Crippen LogP contribution in [0.25, 0.3) is 5.82 Å². The van der Waals surface area contributed by atoms with Crippen molar-refractivity contribution in [2.75, 3.05) is 5.43 Å². The summed E-state index contributed by atoms with van der Waals surface area (Å²) in [6.07, 6.45) is 6.64. The smallest absolute Gasteiger partial charge is 0.158 e. The first-order valence-corrected chi connectivity index (χ1v) is 6.59. The number of aryl methyl sites for hydroxylation is 1. The molecular formula is C15H13FN6. The third kappa shape index (κ3) is 3.32. The molecule has 0 fully saturated rings. The molecular weight excluding hydrogens is 283 g/mol. The fourth-order valence-electron chi connectivity index (χ4n) is 1.79. The van der Waals surface area contributed by atoms with E-state index >= 15 is 0 Å². The zero-order valence-electron chi connectivity index (χ0n) is 11.8. The maximum absolute atomic E-state index is 12.8. The number of benzene rings is 1. The maximum Gasteiger partial charge on any atom is 0.158 e. The number of hydrogen-bond donors (Lipinski definition) is 1. The Hall–Kier alpha value is -3.09. The molecule has 22 heavy (non-hydrogen) atoms. The molecule has 0 aliphatic carbocycles. The van der Waals surface area contributed by atoms with Crippen molar-refractivity contribution < 1.29 is 4.39 Å². The van der Waals surface area contributed by atoms with Crippen LogP contribution < -0.4 is 5.43 Å². The first-order chi connectivity index (χ1) is 10.7. The average molecular weight is 296 g/mol. The summed E-state index contributed by atoms with van der Waals surface area (Å²) in [4.78, 5) is 8.23. The summed E-state index contributed by atoms with van der Waals surface area (Å²) in [7, 11) is 0. The van der Waals surface area contributed by atoms with E-state index in [0.29, 0.717) is 11.6 Å². The fraction of sp³-hybridized carbons (Fsp3) is 0.0667. The van der Waals surface area contributed by atoms with Crippen LogP contribution in [0.5, 0.6) is 0 Å². The van der Waals surface area contributed by atoms with E-state index in [0.717, 1.165) is 11.1 Å². The van der Waals surface area contributed by atoms with Gasteiger partial charge in [0, 0.05) is 12.3 Å². The molecule has 0 spiro atoms. The van der Waals surface area contributed by atoms with Gasteiger partial charge in [0.2, 0.25) is 0 Å². The normalized spacial score (nSPS) is 11.0. The summed E-state index contributed by atoms with van der Waals surface area (Å²) in [5.41, 5.74) is 4.64.